The molecule has 2 nitrogen and oxygen atoms in total. The minimum absolute atomic E-state index is 0.666. The van der Waals surface area contributed by atoms with Crippen molar-refractivity contribution in [2.45, 2.75) is 18.9 Å². The van der Waals surface area contributed by atoms with Crippen molar-refractivity contribution in [2.24, 2.45) is 0 Å². The van der Waals surface area contributed by atoms with E-state index in [2.05, 4.69) is 31.9 Å². The van der Waals surface area contributed by atoms with Crippen LogP contribution in [0.25, 0.3) is 0 Å². The third-order valence-corrected chi connectivity index (χ3v) is 3.98. The third-order valence-electron chi connectivity index (χ3n) is 3.09. The predicted molar refractivity (Wildman–Crippen MR) is 88.6 cm³/mol. The molecule has 1 atom stereocenters. The Hall–Kier alpha value is -0.840. The summed E-state index contributed by atoms with van der Waals surface area (Å²) in [7, 11) is 0. The molecule has 106 valence electrons. The summed E-state index contributed by atoms with van der Waals surface area (Å²) in [6.07, 6.45) is 0.666. The van der Waals surface area contributed by atoms with Crippen LogP contribution < -0.4 is 4.74 Å². The quantitative estimate of drug-likeness (QED) is 0.697. The lowest BCUT2D eigenvalue weighted by atomic mass is 9.93. The lowest BCUT2D eigenvalue weighted by Crippen LogP contribution is -2.21. The summed E-state index contributed by atoms with van der Waals surface area (Å²) < 4.78 is 6.74. The summed E-state index contributed by atoms with van der Waals surface area (Å²) in [5, 5.41) is 11.1. The van der Waals surface area contributed by atoms with E-state index in [9.17, 15) is 5.11 Å². The summed E-state index contributed by atoms with van der Waals surface area (Å²) in [4.78, 5) is 0. The zero-order valence-corrected chi connectivity index (χ0v) is 14.3. The van der Waals surface area contributed by atoms with Crippen LogP contribution in [0.1, 0.15) is 18.9 Å². The summed E-state index contributed by atoms with van der Waals surface area (Å²) in [6, 6.07) is 15.2. The van der Waals surface area contributed by atoms with E-state index in [4.69, 9.17) is 4.74 Å². The van der Waals surface area contributed by atoms with Crippen LogP contribution in [-0.4, -0.2) is 10.4 Å². The third kappa shape index (κ3) is 4.08. The van der Waals surface area contributed by atoms with E-state index in [0.717, 1.165) is 26.9 Å². The smallest absolute Gasteiger partial charge is 0.128 e. The molecule has 0 aliphatic heterocycles. The zero-order chi connectivity index (χ0) is 14.6. The average Bonchev–Trinajstić information content (AvgIpc) is 2.39. The molecule has 4 heteroatoms. The van der Waals surface area contributed by atoms with E-state index in [1.54, 1.807) is 0 Å². The van der Waals surface area contributed by atoms with Crippen molar-refractivity contribution in [1.29, 1.82) is 0 Å². The van der Waals surface area contributed by atoms with Crippen molar-refractivity contribution < 1.29 is 9.84 Å². The molecule has 0 amide bonds. The zero-order valence-electron chi connectivity index (χ0n) is 11.1. The van der Waals surface area contributed by atoms with Gasteiger partial charge < -0.3 is 9.84 Å². The molecule has 0 radical (unpaired) electrons. The van der Waals surface area contributed by atoms with E-state index >= 15 is 0 Å². The summed E-state index contributed by atoms with van der Waals surface area (Å²) in [5.74, 6) is 1.53. The first-order valence-corrected chi connectivity index (χ1v) is 8.25. The van der Waals surface area contributed by atoms with Gasteiger partial charge in [0.1, 0.15) is 11.5 Å². The molecule has 0 bridgehead atoms. The second kappa shape index (κ2) is 6.74. The van der Waals surface area contributed by atoms with Crippen LogP contribution in [-0.2, 0) is 5.60 Å². The molecule has 0 fully saturated rings. The van der Waals surface area contributed by atoms with Crippen LogP contribution in [0.5, 0.6) is 11.5 Å². The molecule has 0 saturated carbocycles. The maximum Gasteiger partial charge on any atom is 0.128 e. The van der Waals surface area contributed by atoms with Gasteiger partial charge in [0.05, 0.1) is 5.60 Å². The van der Waals surface area contributed by atoms with Gasteiger partial charge in [-0.1, -0.05) is 50.1 Å². The molecule has 0 aliphatic carbocycles. The topological polar surface area (TPSA) is 29.5 Å². The summed E-state index contributed by atoms with van der Waals surface area (Å²) in [5.41, 5.74) is 0.0659. The largest absolute Gasteiger partial charge is 0.457 e. The van der Waals surface area contributed by atoms with E-state index < -0.39 is 5.60 Å². The van der Waals surface area contributed by atoms with Crippen LogP contribution in [0.4, 0.5) is 0 Å². The van der Waals surface area contributed by atoms with Gasteiger partial charge in [0.2, 0.25) is 0 Å². The molecule has 0 saturated heterocycles. The predicted octanol–water partition coefficient (Wildman–Crippen LogP) is 5.23. The number of aliphatic hydroxyl groups is 1. The minimum atomic E-state index is -0.822. The fraction of sp³-hybridized carbons (Fsp3) is 0.250. The Balaban J connectivity index is 2.12. The minimum Gasteiger partial charge on any atom is -0.457 e. The molecule has 1 unspecified atom stereocenters. The van der Waals surface area contributed by atoms with Gasteiger partial charge in [-0.25, -0.2) is 0 Å². The standard InChI is InChI=1S/C16H16Br2O2/c1-16(19,9-10-17)12-5-7-14(8-6-12)20-15-4-2-3-13(18)11-15/h2-8,11,19H,9-10H2,1H3. The molecule has 0 aliphatic rings. The Morgan fingerprint density at radius 1 is 1.10 bits per heavy atom. The number of benzene rings is 2. The average molecular weight is 400 g/mol. The normalized spacial score (nSPS) is 13.8. The monoisotopic (exact) mass is 398 g/mol. The number of alkyl halides is 1. The molecule has 2 aromatic rings. The molecule has 2 rings (SSSR count). The Morgan fingerprint density at radius 2 is 1.80 bits per heavy atom. The number of rotatable bonds is 5. The van der Waals surface area contributed by atoms with Gasteiger partial charge in [-0.2, -0.15) is 0 Å². The number of hydrogen-bond acceptors (Lipinski definition) is 2. The fourth-order valence-corrected chi connectivity index (χ4v) is 3.03. The molecular weight excluding hydrogens is 384 g/mol. The lowest BCUT2D eigenvalue weighted by molar-refractivity contribution is 0.0546. The van der Waals surface area contributed by atoms with E-state index in [1.165, 1.54) is 0 Å². The molecule has 2 aromatic carbocycles. The van der Waals surface area contributed by atoms with Gasteiger partial charge in [0, 0.05) is 9.80 Å². The Morgan fingerprint density at radius 3 is 2.40 bits per heavy atom. The highest BCUT2D eigenvalue weighted by Crippen LogP contribution is 2.29. The van der Waals surface area contributed by atoms with Gasteiger partial charge >= 0.3 is 0 Å². The highest BCUT2D eigenvalue weighted by Gasteiger charge is 2.21. The molecular formula is C16H16Br2O2. The second-order valence-corrected chi connectivity index (χ2v) is 6.51. The number of hydrogen-bond donors (Lipinski definition) is 1. The van der Waals surface area contributed by atoms with Crippen LogP contribution in [0.3, 0.4) is 0 Å². The lowest BCUT2D eigenvalue weighted by Gasteiger charge is -2.23. The van der Waals surface area contributed by atoms with Crippen LogP contribution >= 0.6 is 31.9 Å². The first kappa shape index (κ1) is 15.5. The summed E-state index contributed by atoms with van der Waals surface area (Å²) >= 11 is 6.77. The summed E-state index contributed by atoms with van der Waals surface area (Å²) in [6.45, 7) is 1.82. The first-order chi connectivity index (χ1) is 9.51. The SMILES string of the molecule is CC(O)(CCBr)c1ccc(Oc2cccc(Br)c2)cc1. The van der Waals surface area contributed by atoms with Gasteiger partial charge in [0.15, 0.2) is 0 Å². The first-order valence-electron chi connectivity index (χ1n) is 6.33. The Labute approximate surface area is 136 Å². The van der Waals surface area contributed by atoms with Crippen molar-refractivity contribution in [2.75, 3.05) is 5.33 Å². The van der Waals surface area contributed by atoms with Gasteiger partial charge in [-0.3, -0.25) is 0 Å². The number of halogens is 2. The van der Waals surface area contributed by atoms with E-state index in [-0.39, 0.29) is 0 Å². The molecule has 0 heterocycles. The Kier molecular flexibility index (Phi) is 5.24. The van der Waals surface area contributed by atoms with Gasteiger partial charge in [-0.15, -0.1) is 0 Å². The maximum absolute atomic E-state index is 10.3. The van der Waals surface area contributed by atoms with Crippen LogP contribution in [0.2, 0.25) is 0 Å². The van der Waals surface area contributed by atoms with Crippen molar-refractivity contribution in [1.82, 2.24) is 0 Å². The van der Waals surface area contributed by atoms with Crippen molar-refractivity contribution in [3.63, 3.8) is 0 Å². The van der Waals surface area contributed by atoms with Crippen molar-refractivity contribution in [3.8, 4) is 11.5 Å². The number of ether oxygens (including phenoxy) is 1. The Bertz CT molecular complexity index is 565. The highest BCUT2D eigenvalue weighted by molar-refractivity contribution is 9.10. The van der Waals surface area contributed by atoms with Crippen molar-refractivity contribution >= 4 is 31.9 Å². The molecule has 0 spiro atoms. The van der Waals surface area contributed by atoms with Gasteiger partial charge in [0.25, 0.3) is 0 Å². The highest BCUT2D eigenvalue weighted by atomic mass is 79.9. The van der Waals surface area contributed by atoms with Crippen LogP contribution in [0, 0.1) is 0 Å². The van der Waals surface area contributed by atoms with Gasteiger partial charge in [-0.05, 0) is 49.2 Å². The molecule has 0 aromatic heterocycles. The van der Waals surface area contributed by atoms with Crippen molar-refractivity contribution in [3.05, 3.63) is 58.6 Å². The van der Waals surface area contributed by atoms with Crippen LogP contribution in [0.15, 0.2) is 53.0 Å². The van der Waals surface area contributed by atoms with E-state index in [1.807, 2.05) is 55.5 Å². The van der Waals surface area contributed by atoms with E-state index in [0.29, 0.717) is 6.42 Å². The fourth-order valence-electron chi connectivity index (χ4n) is 1.88. The maximum atomic E-state index is 10.3. The molecule has 1 N–H and O–H groups in total. The second-order valence-electron chi connectivity index (χ2n) is 4.80. The molecule has 20 heavy (non-hydrogen) atoms.